The lowest BCUT2D eigenvalue weighted by Gasteiger charge is -2.33. The fraction of sp³-hybridized carbons (Fsp3) is 0.316. The van der Waals surface area contributed by atoms with Gasteiger partial charge in [0.1, 0.15) is 5.75 Å². The molecule has 0 fully saturated rings. The van der Waals surface area contributed by atoms with Crippen molar-refractivity contribution in [1.29, 1.82) is 0 Å². The van der Waals surface area contributed by atoms with E-state index in [-0.39, 0.29) is 17.9 Å². The number of aryl methyl sites for hydroxylation is 1. The van der Waals surface area contributed by atoms with Gasteiger partial charge in [0.15, 0.2) is 0 Å². The van der Waals surface area contributed by atoms with Crippen molar-refractivity contribution in [2.24, 2.45) is 5.92 Å². The van der Waals surface area contributed by atoms with Crippen LogP contribution >= 0.6 is 0 Å². The maximum atomic E-state index is 12.2. The van der Waals surface area contributed by atoms with Crippen LogP contribution in [0.1, 0.15) is 23.6 Å². The Morgan fingerprint density at radius 2 is 1.83 bits per heavy atom. The van der Waals surface area contributed by atoms with Crippen LogP contribution in [0.2, 0.25) is 0 Å². The van der Waals surface area contributed by atoms with Gasteiger partial charge in [-0.15, -0.1) is 0 Å². The molecular weight excluding hydrogens is 290 g/mol. The molecule has 120 valence electrons. The largest absolute Gasteiger partial charge is 0.497 e. The van der Waals surface area contributed by atoms with Gasteiger partial charge in [-0.25, -0.2) is 0 Å². The predicted molar refractivity (Wildman–Crippen MR) is 89.6 cm³/mol. The zero-order chi connectivity index (χ0) is 16.2. The molecule has 0 spiro atoms. The number of ether oxygens (including phenoxy) is 2. The molecular formula is C19H21NO3. The van der Waals surface area contributed by atoms with Gasteiger partial charge in [0.05, 0.1) is 26.2 Å². The van der Waals surface area contributed by atoms with Gasteiger partial charge in [0.25, 0.3) is 0 Å². The van der Waals surface area contributed by atoms with Gasteiger partial charge < -0.3 is 14.8 Å². The van der Waals surface area contributed by atoms with E-state index < -0.39 is 0 Å². The minimum Gasteiger partial charge on any atom is -0.497 e. The van der Waals surface area contributed by atoms with Crippen LogP contribution in [0.25, 0.3) is 0 Å². The van der Waals surface area contributed by atoms with Crippen molar-refractivity contribution >= 4 is 11.7 Å². The summed E-state index contributed by atoms with van der Waals surface area (Å²) >= 11 is 0. The topological polar surface area (TPSA) is 47.6 Å². The van der Waals surface area contributed by atoms with E-state index in [9.17, 15) is 4.79 Å². The molecule has 1 aliphatic carbocycles. The highest BCUT2D eigenvalue weighted by molar-refractivity contribution is 5.75. The first-order valence-corrected chi connectivity index (χ1v) is 7.79. The van der Waals surface area contributed by atoms with E-state index in [0.29, 0.717) is 0 Å². The highest BCUT2D eigenvalue weighted by Crippen LogP contribution is 2.37. The van der Waals surface area contributed by atoms with Gasteiger partial charge in [0, 0.05) is 5.69 Å². The van der Waals surface area contributed by atoms with Crippen LogP contribution in [-0.2, 0) is 16.0 Å². The lowest BCUT2D eigenvalue weighted by atomic mass is 9.79. The maximum Gasteiger partial charge on any atom is 0.311 e. The Morgan fingerprint density at radius 1 is 1.09 bits per heavy atom. The molecule has 0 unspecified atom stereocenters. The normalized spacial score (nSPS) is 19.6. The molecule has 1 aliphatic rings. The summed E-state index contributed by atoms with van der Waals surface area (Å²) in [4.78, 5) is 12.2. The highest BCUT2D eigenvalue weighted by atomic mass is 16.5. The second kappa shape index (κ2) is 6.73. The first-order valence-electron chi connectivity index (χ1n) is 7.79. The number of anilines is 1. The van der Waals surface area contributed by atoms with Crippen molar-refractivity contribution in [3.63, 3.8) is 0 Å². The molecule has 3 rings (SSSR count). The fourth-order valence-electron chi connectivity index (χ4n) is 3.21. The van der Waals surface area contributed by atoms with E-state index >= 15 is 0 Å². The number of hydrogen-bond donors (Lipinski definition) is 1. The van der Waals surface area contributed by atoms with Gasteiger partial charge in [-0.05, 0) is 48.2 Å². The summed E-state index contributed by atoms with van der Waals surface area (Å²) in [7, 11) is 3.10. The fourth-order valence-corrected chi connectivity index (χ4v) is 3.21. The molecule has 0 bridgehead atoms. The summed E-state index contributed by atoms with van der Waals surface area (Å²) in [5.74, 6) is 0.464. The summed E-state index contributed by atoms with van der Waals surface area (Å²) in [6, 6.07) is 15.9. The number of fused-ring (bicyclic) bond motifs is 1. The van der Waals surface area contributed by atoms with Crippen molar-refractivity contribution in [1.82, 2.24) is 0 Å². The number of hydrogen-bond acceptors (Lipinski definition) is 4. The molecule has 0 amide bonds. The third kappa shape index (κ3) is 3.16. The number of rotatable bonds is 4. The second-order valence-electron chi connectivity index (χ2n) is 5.72. The van der Waals surface area contributed by atoms with Crippen molar-refractivity contribution < 1.29 is 14.3 Å². The lowest BCUT2D eigenvalue weighted by Crippen LogP contribution is -2.33. The summed E-state index contributed by atoms with van der Waals surface area (Å²) in [6.07, 6.45) is 1.69. The second-order valence-corrected chi connectivity index (χ2v) is 5.72. The number of benzene rings is 2. The summed E-state index contributed by atoms with van der Waals surface area (Å²) in [5, 5.41) is 3.50. The highest BCUT2D eigenvalue weighted by Gasteiger charge is 2.35. The predicted octanol–water partition coefficient (Wildman–Crippen LogP) is 3.58. The Morgan fingerprint density at radius 3 is 2.52 bits per heavy atom. The Kier molecular flexibility index (Phi) is 4.51. The van der Waals surface area contributed by atoms with Crippen LogP contribution in [0, 0.1) is 5.92 Å². The first-order chi connectivity index (χ1) is 11.2. The maximum absolute atomic E-state index is 12.2. The van der Waals surface area contributed by atoms with E-state index in [0.717, 1.165) is 24.3 Å². The molecule has 0 aliphatic heterocycles. The third-order valence-corrected chi connectivity index (χ3v) is 4.43. The number of esters is 1. The molecule has 2 aromatic rings. The van der Waals surface area contributed by atoms with Crippen LogP contribution in [0.15, 0.2) is 48.5 Å². The third-order valence-electron chi connectivity index (χ3n) is 4.43. The number of methoxy groups -OCH3 is 2. The molecule has 0 saturated heterocycles. The van der Waals surface area contributed by atoms with Gasteiger partial charge in [0.2, 0.25) is 0 Å². The average molecular weight is 311 g/mol. The van der Waals surface area contributed by atoms with E-state index in [1.807, 2.05) is 36.4 Å². The quantitative estimate of drug-likeness (QED) is 0.877. The van der Waals surface area contributed by atoms with Crippen molar-refractivity contribution in [3.05, 3.63) is 59.7 Å². The van der Waals surface area contributed by atoms with Crippen LogP contribution in [0.3, 0.4) is 0 Å². The van der Waals surface area contributed by atoms with Crippen molar-refractivity contribution in [2.75, 3.05) is 19.5 Å². The lowest BCUT2D eigenvalue weighted by molar-refractivity contribution is -0.146. The Balaban J connectivity index is 1.91. The van der Waals surface area contributed by atoms with E-state index in [4.69, 9.17) is 9.47 Å². The molecule has 23 heavy (non-hydrogen) atoms. The van der Waals surface area contributed by atoms with Gasteiger partial charge >= 0.3 is 5.97 Å². The molecule has 0 saturated carbocycles. The van der Waals surface area contributed by atoms with Crippen molar-refractivity contribution in [3.8, 4) is 5.75 Å². The van der Waals surface area contributed by atoms with Crippen LogP contribution in [0.5, 0.6) is 5.75 Å². The van der Waals surface area contributed by atoms with Gasteiger partial charge in [-0.3, -0.25) is 4.79 Å². The zero-order valence-corrected chi connectivity index (χ0v) is 13.4. The summed E-state index contributed by atoms with van der Waals surface area (Å²) in [5.41, 5.74) is 3.42. The van der Waals surface area contributed by atoms with Gasteiger partial charge in [-0.1, -0.05) is 24.3 Å². The summed E-state index contributed by atoms with van der Waals surface area (Å²) in [6.45, 7) is 0. The minimum absolute atomic E-state index is 0.0826. The molecule has 0 aromatic heterocycles. The molecule has 0 heterocycles. The first kappa shape index (κ1) is 15.4. The van der Waals surface area contributed by atoms with E-state index in [1.165, 1.54) is 18.2 Å². The molecule has 2 aromatic carbocycles. The van der Waals surface area contributed by atoms with Crippen LogP contribution in [0.4, 0.5) is 5.69 Å². The monoisotopic (exact) mass is 311 g/mol. The van der Waals surface area contributed by atoms with Crippen LogP contribution in [-0.4, -0.2) is 20.2 Å². The van der Waals surface area contributed by atoms with E-state index in [2.05, 4.69) is 17.4 Å². The Bertz CT molecular complexity index is 681. The van der Waals surface area contributed by atoms with Gasteiger partial charge in [-0.2, -0.15) is 0 Å². The molecule has 2 atom stereocenters. The minimum atomic E-state index is -0.183. The molecule has 4 nitrogen and oxygen atoms in total. The Hall–Kier alpha value is -2.49. The SMILES string of the molecule is COC(=O)[C@@H]1CCc2ccccc2[C@@H]1Nc1ccc(OC)cc1. The van der Waals surface area contributed by atoms with Crippen molar-refractivity contribution in [2.45, 2.75) is 18.9 Å². The smallest absolute Gasteiger partial charge is 0.311 e. The molecule has 1 N–H and O–H groups in total. The standard InChI is InChI=1S/C19H21NO3/c1-22-15-10-8-14(9-11-15)20-18-16-6-4-3-5-13(16)7-12-17(18)19(21)23-2/h3-6,8-11,17-18,20H,7,12H2,1-2H3/t17-,18+/m1/s1. The average Bonchev–Trinajstić information content (AvgIpc) is 2.62. The number of carbonyl (C=O) groups excluding carboxylic acids is 1. The molecule has 4 heteroatoms. The van der Waals surface area contributed by atoms with E-state index in [1.54, 1.807) is 7.11 Å². The number of nitrogens with one attached hydrogen (secondary N) is 1. The summed E-state index contributed by atoms with van der Waals surface area (Å²) < 4.78 is 10.2. The number of carbonyl (C=O) groups is 1. The van der Waals surface area contributed by atoms with Crippen LogP contribution < -0.4 is 10.1 Å². The molecule has 0 radical (unpaired) electrons. The Labute approximate surface area is 136 Å². The zero-order valence-electron chi connectivity index (χ0n) is 13.4.